The van der Waals surface area contributed by atoms with Crippen molar-refractivity contribution in [1.82, 2.24) is 4.90 Å². The summed E-state index contributed by atoms with van der Waals surface area (Å²) in [7, 11) is 0. The van der Waals surface area contributed by atoms with Gasteiger partial charge < -0.3 is 9.84 Å². The Morgan fingerprint density at radius 3 is 2.50 bits per heavy atom. The summed E-state index contributed by atoms with van der Waals surface area (Å²) in [6.45, 7) is 5.23. The minimum atomic E-state index is 0.229. The van der Waals surface area contributed by atoms with Crippen LogP contribution in [0.2, 0.25) is 0 Å². The number of aliphatic hydroxyl groups excluding tert-OH is 1. The minimum absolute atomic E-state index is 0.229. The van der Waals surface area contributed by atoms with Crippen molar-refractivity contribution in [3.63, 3.8) is 0 Å². The Morgan fingerprint density at radius 1 is 1.08 bits per heavy atom. The lowest BCUT2D eigenvalue weighted by atomic mass is 9.97. The van der Waals surface area contributed by atoms with Crippen molar-refractivity contribution >= 4 is 0 Å². The average Bonchev–Trinajstić information content (AvgIpc) is 3.14. The highest BCUT2D eigenvalue weighted by Crippen LogP contribution is 2.31. The predicted molar refractivity (Wildman–Crippen MR) is 97.2 cm³/mol. The molecule has 1 aliphatic heterocycles. The molecule has 0 aromatic heterocycles. The van der Waals surface area contributed by atoms with Crippen molar-refractivity contribution in [1.29, 1.82) is 0 Å². The van der Waals surface area contributed by atoms with Crippen molar-refractivity contribution in [2.75, 3.05) is 19.7 Å². The van der Waals surface area contributed by atoms with Gasteiger partial charge in [0.1, 0.15) is 12.4 Å². The molecular weight excluding hydrogens is 298 g/mol. The van der Waals surface area contributed by atoms with Crippen molar-refractivity contribution in [2.24, 2.45) is 0 Å². The molecule has 1 heterocycles. The van der Waals surface area contributed by atoms with Gasteiger partial charge in [-0.05, 0) is 68.1 Å². The molecule has 128 valence electrons. The minimum Gasteiger partial charge on any atom is -0.489 e. The van der Waals surface area contributed by atoms with E-state index in [-0.39, 0.29) is 6.61 Å². The standard InChI is InChI=1S/C21H27NO2/c1-17-15-19(24-16-18-7-3-2-4-8-18)9-10-20(17)21(11-14-23)22-12-5-6-13-22/h2-4,7-10,15,21,23H,5-6,11-14,16H2,1H3. The topological polar surface area (TPSA) is 32.7 Å². The maximum absolute atomic E-state index is 9.46. The first-order valence-corrected chi connectivity index (χ1v) is 8.90. The van der Waals surface area contributed by atoms with Gasteiger partial charge in [0.25, 0.3) is 0 Å². The fourth-order valence-corrected chi connectivity index (χ4v) is 3.56. The second-order valence-corrected chi connectivity index (χ2v) is 6.56. The lowest BCUT2D eigenvalue weighted by Crippen LogP contribution is -2.27. The summed E-state index contributed by atoms with van der Waals surface area (Å²) in [4.78, 5) is 2.50. The van der Waals surface area contributed by atoms with Crippen molar-refractivity contribution < 1.29 is 9.84 Å². The molecule has 0 bridgehead atoms. The molecule has 0 amide bonds. The van der Waals surface area contributed by atoms with E-state index in [2.05, 4.69) is 42.2 Å². The molecule has 0 radical (unpaired) electrons. The van der Waals surface area contributed by atoms with Crippen LogP contribution in [0.25, 0.3) is 0 Å². The molecule has 1 N–H and O–H groups in total. The normalized spacial score (nSPS) is 16.2. The van der Waals surface area contributed by atoms with Gasteiger partial charge in [0, 0.05) is 12.6 Å². The van der Waals surface area contributed by atoms with Gasteiger partial charge in [0.15, 0.2) is 0 Å². The summed E-state index contributed by atoms with van der Waals surface area (Å²) >= 11 is 0. The Kier molecular flexibility index (Phi) is 5.89. The number of hydrogen-bond acceptors (Lipinski definition) is 3. The molecule has 0 spiro atoms. The van der Waals surface area contributed by atoms with Crippen LogP contribution >= 0.6 is 0 Å². The van der Waals surface area contributed by atoms with Gasteiger partial charge >= 0.3 is 0 Å². The van der Waals surface area contributed by atoms with Crippen LogP contribution in [0.3, 0.4) is 0 Å². The number of likely N-dealkylation sites (tertiary alicyclic amines) is 1. The zero-order chi connectivity index (χ0) is 16.8. The first-order chi connectivity index (χ1) is 11.8. The molecule has 1 atom stereocenters. The van der Waals surface area contributed by atoms with E-state index in [4.69, 9.17) is 4.74 Å². The van der Waals surface area contributed by atoms with E-state index in [1.165, 1.54) is 29.5 Å². The molecule has 3 rings (SSSR count). The van der Waals surface area contributed by atoms with Gasteiger partial charge in [-0.3, -0.25) is 4.90 Å². The highest BCUT2D eigenvalue weighted by Gasteiger charge is 2.24. The fraction of sp³-hybridized carbons (Fsp3) is 0.429. The molecule has 3 nitrogen and oxygen atoms in total. The SMILES string of the molecule is Cc1cc(OCc2ccccc2)ccc1C(CCO)N1CCCC1. The van der Waals surface area contributed by atoms with Crippen LogP contribution in [0, 0.1) is 6.92 Å². The zero-order valence-corrected chi connectivity index (χ0v) is 14.4. The maximum Gasteiger partial charge on any atom is 0.120 e. The quantitative estimate of drug-likeness (QED) is 0.832. The third kappa shape index (κ3) is 4.16. The first kappa shape index (κ1) is 17.0. The number of ether oxygens (including phenoxy) is 1. The maximum atomic E-state index is 9.46. The molecule has 2 aromatic rings. The van der Waals surface area contributed by atoms with Crippen LogP contribution in [0.15, 0.2) is 48.5 Å². The van der Waals surface area contributed by atoms with Crippen LogP contribution in [-0.2, 0) is 6.61 Å². The summed E-state index contributed by atoms with van der Waals surface area (Å²) in [5.74, 6) is 0.907. The van der Waals surface area contributed by atoms with Gasteiger partial charge in [-0.15, -0.1) is 0 Å². The lowest BCUT2D eigenvalue weighted by Gasteiger charge is -2.29. The predicted octanol–water partition coefficient (Wildman–Crippen LogP) is 4.09. The van der Waals surface area contributed by atoms with Crippen molar-refractivity contribution in [3.8, 4) is 5.75 Å². The lowest BCUT2D eigenvalue weighted by molar-refractivity contribution is 0.185. The molecule has 24 heavy (non-hydrogen) atoms. The molecule has 1 aliphatic rings. The molecular formula is C21H27NO2. The van der Waals surface area contributed by atoms with Gasteiger partial charge in [-0.2, -0.15) is 0 Å². The van der Waals surface area contributed by atoms with E-state index in [1.807, 2.05) is 18.2 Å². The van der Waals surface area contributed by atoms with Crippen LogP contribution in [0.4, 0.5) is 0 Å². The zero-order valence-electron chi connectivity index (χ0n) is 14.4. The van der Waals surface area contributed by atoms with Gasteiger partial charge in [-0.25, -0.2) is 0 Å². The average molecular weight is 325 g/mol. The second kappa shape index (κ2) is 8.32. The summed E-state index contributed by atoms with van der Waals surface area (Å²) in [6.07, 6.45) is 3.32. The Bertz CT molecular complexity index is 636. The van der Waals surface area contributed by atoms with Crippen LogP contribution in [0.1, 0.15) is 42.0 Å². The Hall–Kier alpha value is -1.84. The van der Waals surface area contributed by atoms with E-state index in [1.54, 1.807) is 0 Å². The molecule has 1 saturated heterocycles. The summed E-state index contributed by atoms with van der Waals surface area (Å²) in [6, 6.07) is 16.9. The van der Waals surface area contributed by atoms with E-state index >= 15 is 0 Å². The number of benzene rings is 2. The first-order valence-electron chi connectivity index (χ1n) is 8.90. The van der Waals surface area contributed by atoms with Gasteiger partial charge in [0.05, 0.1) is 0 Å². The van der Waals surface area contributed by atoms with E-state index in [9.17, 15) is 5.11 Å². The molecule has 0 saturated carbocycles. The van der Waals surface area contributed by atoms with E-state index in [0.717, 1.165) is 25.3 Å². The van der Waals surface area contributed by atoms with E-state index in [0.29, 0.717) is 12.6 Å². The van der Waals surface area contributed by atoms with Gasteiger partial charge in [-0.1, -0.05) is 36.4 Å². The summed E-state index contributed by atoms with van der Waals surface area (Å²) in [5.41, 5.74) is 3.73. The third-order valence-electron chi connectivity index (χ3n) is 4.83. The smallest absolute Gasteiger partial charge is 0.120 e. The summed E-state index contributed by atoms with van der Waals surface area (Å²) in [5, 5.41) is 9.46. The number of rotatable bonds is 7. The van der Waals surface area contributed by atoms with Crippen LogP contribution in [0.5, 0.6) is 5.75 Å². The van der Waals surface area contributed by atoms with Crippen LogP contribution < -0.4 is 4.74 Å². The fourth-order valence-electron chi connectivity index (χ4n) is 3.56. The van der Waals surface area contributed by atoms with Gasteiger partial charge in [0.2, 0.25) is 0 Å². The number of hydrogen-bond donors (Lipinski definition) is 1. The Balaban J connectivity index is 1.70. The van der Waals surface area contributed by atoms with Crippen molar-refractivity contribution in [3.05, 3.63) is 65.2 Å². The number of aliphatic hydroxyl groups is 1. The molecule has 3 heteroatoms. The highest BCUT2D eigenvalue weighted by atomic mass is 16.5. The highest BCUT2D eigenvalue weighted by molar-refractivity contribution is 5.37. The second-order valence-electron chi connectivity index (χ2n) is 6.56. The Labute approximate surface area is 144 Å². The van der Waals surface area contributed by atoms with Crippen molar-refractivity contribution in [2.45, 2.75) is 38.8 Å². The Morgan fingerprint density at radius 2 is 1.83 bits per heavy atom. The summed E-state index contributed by atoms with van der Waals surface area (Å²) < 4.78 is 5.93. The molecule has 1 fully saturated rings. The molecule has 0 aliphatic carbocycles. The monoisotopic (exact) mass is 325 g/mol. The van der Waals surface area contributed by atoms with Crippen LogP contribution in [-0.4, -0.2) is 29.7 Å². The molecule has 1 unspecified atom stereocenters. The molecule has 2 aromatic carbocycles. The van der Waals surface area contributed by atoms with E-state index < -0.39 is 0 Å². The third-order valence-corrected chi connectivity index (χ3v) is 4.83. The largest absolute Gasteiger partial charge is 0.489 e. The number of nitrogens with zero attached hydrogens (tertiary/aromatic N) is 1. The number of aryl methyl sites for hydroxylation is 1.